The van der Waals surface area contributed by atoms with E-state index in [0.717, 1.165) is 16.7 Å². The first kappa shape index (κ1) is 18.3. The van der Waals surface area contributed by atoms with Gasteiger partial charge in [0.1, 0.15) is 0 Å². The average Bonchev–Trinajstić information content (AvgIpc) is 3.49. The van der Waals surface area contributed by atoms with E-state index < -0.39 is 0 Å². The van der Waals surface area contributed by atoms with Crippen LogP contribution in [0.15, 0.2) is 93.3 Å². The standard InChI is InChI=1S/C22H15N5O2S/c1-2-4-15(5-3-1)16-6-8-17(9-7-16)20-24-19(29-27-20)14-30-22-26-25-21(28-22)18-10-12-23-13-11-18/h1-13H,14H2. The fourth-order valence-corrected chi connectivity index (χ4v) is 3.48. The summed E-state index contributed by atoms with van der Waals surface area (Å²) in [6.45, 7) is 0. The maximum atomic E-state index is 5.66. The first-order valence-electron chi connectivity index (χ1n) is 9.20. The van der Waals surface area contributed by atoms with Crippen LogP contribution in [0.2, 0.25) is 0 Å². The molecular formula is C22H15N5O2S. The lowest BCUT2D eigenvalue weighted by molar-refractivity contribution is 0.391. The minimum absolute atomic E-state index is 0.438. The first-order chi connectivity index (χ1) is 14.8. The third kappa shape index (κ3) is 3.99. The van der Waals surface area contributed by atoms with Crippen LogP contribution in [0.3, 0.4) is 0 Å². The van der Waals surface area contributed by atoms with E-state index in [-0.39, 0.29) is 0 Å². The van der Waals surface area contributed by atoms with Crippen LogP contribution >= 0.6 is 11.8 Å². The minimum atomic E-state index is 0.438. The van der Waals surface area contributed by atoms with Gasteiger partial charge in [-0.05, 0) is 23.3 Å². The molecule has 0 amide bonds. The van der Waals surface area contributed by atoms with Crippen LogP contribution in [-0.2, 0) is 5.75 Å². The molecule has 0 aliphatic heterocycles. The van der Waals surface area contributed by atoms with Gasteiger partial charge in [0, 0.05) is 23.5 Å². The van der Waals surface area contributed by atoms with Crippen molar-refractivity contribution in [3.8, 4) is 34.0 Å². The largest absolute Gasteiger partial charge is 0.411 e. The molecule has 0 bridgehead atoms. The molecule has 146 valence electrons. The summed E-state index contributed by atoms with van der Waals surface area (Å²) in [5.41, 5.74) is 4.02. The van der Waals surface area contributed by atoms with E-state index in [0.29, 0.717) is 28.6 Å². The monoisotopic (exact) mass is 413 g/mol. The molecule has 0 fully saturated rings. The maximum absolute atomic E-state index is 5.66. The summed E-state index contributed by atoms with van der Waals surface area (Å²) in [5, 5.41) is 12.6. The number of thioether (sulfide) groups is 1. The van der Waals surface area contributed by atoms with Crippen LogP contribution in [0.25, 0.3) is 34.0 Å². The summed E-state index contributed by atoms with van der Waals surface area (Å²) < 4.78 is 11.0. The lowest BCUT2D eigenvalue weighted by atomic mass is 10.0. The van der Waals surface area contributed by atoms with E-state index in [1.807, 2.05) is 42.5 Å². The van der Waals surface area contributed by atoms with Crippen molar-refractivity contribution in [3.63, 3.8) is 0 Å². The van der Waals surface area contributed by atoms with Crippen LogP contribution in [-0.4, -0.2) is 25.3 Å². The number of aromatic nitrogens is 5. The lowest BCUT2D eigenvalue weighted by Crippen LogP contribution is -1.84. The normalized spacial score (nSPS) is 10.9. The highest BCUT2D eigenvalue weighted by Crippen LogP contribution is 2.27. The van der Waals surface area contributed by atoms with Crippen LogP contribution in [0, 0.1) is 0 Å². The molecule has 0 atom stereocenters. The van der Waals surface area contributed by atoms with Crippen LogP contribution in [0.5, 0.6) is 0 Å². The molecule has 0 radical (unpaired) electrons. The molecule has 30 heavy (non-hydrogen) atoms. The van der Waals surface area contributed by atoms with Gasteiger partial charge in [-0.25, -0.2) is 0 Å². The predicted octanol–water partition coefficient (Wildman–Crippen LogP) is 5.14. The molecule has 7 nitrogen and oxygen atoms in total. The Morgan fingerprint density at radius 3 is 2.27 bits per heavy atom. The lowest BCUT2D eigenvalue weighted by Gasteiger charge is -2.01. The quantitative estimate of drug-likeness (QED) is 0.353. The Morgan fingerprint density at radius 1 is 0.733 bits per heavy atom. The molecule has 3 heterocycles. The van der Waals surface area contributed by atoms with Crippen molar-refractivity contribution in [3.05, 3.63) is 85.0 Å². The number of rotatable bonds is 6. The van der Waals surface area contributed by atoms with E-state index in [1.165, 1.54) is 17.3 Å². The summed E-state index contributed by atoms with van der Waals surface area (Å²) >= 11 is 1.35. The fraction of sp³-hybridized carbons (Fsp3) is 0.0455. The van der Waals surface area contributed by atoms with Crippen LogP contribution < -0.4 is 0 Å². The van der Waals surface area contributed by atoms with Gasteiger partial charge >= 0.3 is 0 Å². The Kier molecular flexibility index (Phi) is 5.05. The number of hydrogen-bond acceptors (Lipinski definition) is 8. The first-order valence-corrected chi connectivity index (χ1v) is 10.2. The van der Waals surface area contributed by atoms with Gasteiger partial charge < -0.3 is 8.94 Å². The smallest absolute Gasteiger partial charge is 0.277 e. The fourth-order valence-electron chi connectivity index (χ4n) is 2.88. The Balaban J connectivity index is 1.24. The van der Waals surface area contributed by atoms with Gasteiger partial charge in [-0.1, -0.05) is 71.5 Å². The van der Waals surface area contributed by atoms with Crippen LogP contribution in [0.1, 0.15) is 5.89 Å². The van der Waals surface area contributed by atoms with E-state index >= 15 is 0 Å². The van der Waals surface area contributed by atoms with Crippen molar-refractivity contribution in [1.29, 1.82) is 0 Å². The number of benzene rings is 2. The molecule has 2 aromatic carbocycles. The van der Waals surface area contributed by atoms with E-state index in [4.69, 9.17) is 8.94 Å². The molecule has 0 saturated carbocycles. The number of nitrogens with zero attached hydrogens (tertiary/aromatic N) is 5. The Hall–Kier alpha value is -3.78. The molecule has 0 N–H and O–H groups in total. The summed E-state index contributed by atoms with van der Waals surface area (Å²) in [6.07, 6.45) is 3.36. The summed E-state index contributed by atoms with van der Waals surface area (Å²) in [5.74, 6) is 1.93. The summed E-state index contributed by atoms with van der Waals surface area (Å²) in [7, 11) is 0. The molecule has 0 unspecified atom stereocenters. The molecule has 0 spiro atoms. The molecular weight excluding hydrogens is 398 g/mol. The van der Waals surface area contributed by atoms with E-state index in [9.17, 15) is 0 Å². The Labute approximate surface area is 176 Å². The topological polar surface area (TPSA) is 90.7 Å². The highest BCUT2D eigenvalue weighted by Gasteiger charge is 2.13. The molecule has 0 saturated heterocycles. The molecule has 5 rings (SSSR count). The number of pyridine rings is 1. The molecule has 5 aromatic rings. The van der Waals surface area contributed by atoms with Gasteiger partial charge in [-0.2, -0.15) is 4.98 Å². The SMILES string of the molecule is c1ccc(-c2ccc(-c3noc(CSc4nnc(-c5ccncc5)o4)n3)cc2)cc1. The molecule has 3 aromatic heterocycles. The second-order valence-electron chi connectivity index (χ2n) is 6.35. The number of hydrogen-bond donors (Lipinski definition) is 0. The van der Waals surface area contributed by atoms with Crippen molar-refractivity contribution < 1.29 is 8.94 Å². The second kappa shape index (κ2) is 8.30. The van der Waals surface area contributed by atoms with E-state index in [2.05, 4.69) is 49.6 Å². The van der Waals surface area contributed by atoms with E-state index in [1.54, 1.807) is 12.4 Å². The highest BCUT2D eigenvalue weighted by atomic mass is 32.2. The van der Waals surface area contributed by atoms with Gasteiger partial charge in [-0.3, -0.25) is 4.98 Å². The third-order valence-electron chi connectivity index (χ3n) is 4.37. The third-order valence-corrected chi connectivity index (χ3v) is 5.17. The second-order valence-corrected chi connectivity index (χ2v) is 7.28. The molecule has 0 aliphatic rings. The van der Waals surface area contributed by atoms with Gasteiger partial charge in [0.25, 0.3) is 5.22 Å². The van der Waals surface area contributed by atoms with Gasteiger partial charge in [-0.15, -0.1) is 10.2 Å². The zero-order chi connectivity index (χ0) is 20.2. The van der Waals surface area contributed by atoms with Crippen molar-refractivity contribution >= 4 is 11.8 Å². The van der Waals surface area contributed by atoms with Gasteiger partial charge in [0.2, 0.25) is 17.6 Å². The average molecular weight is 413 g/mol. The zero-order valence-corrected chi connectivity index (χ0v) is 16.5. The highest BCUT2D eigenvalue weighted by molar-refractivity contribution is 7.98. The van der Waals surface area contributed by atoms with Crippen molar-refractivity contribution in [2.24, 2.45) is 0 Å². The predicted molar refractivity (Wildman–Crippen MR) is 112 cm³/mol. The van der Waals surface area contributed by atoms with Crippen LogP contribution in [0.4, 0.5) is 0 Å². The zero-order valence-electron chi connectivity index (χ0n) is 15.7. The van der Waals surface area contributed by atoms with Gasteiger partial charge in [0.05, 0.1) is 5.75 Å². The van der Waals surface area contributed by atoms with Crippen molar-refractivity contribution in [2.45, 2.75) is 11.0 Å². The molecule has 8 heteroatoms. The van der Waals surface area contributed by atoms with Crippen molar-refractivity contribution in [2.75, 3.05) is 0 Å². The minimum Gasteiger partial charge on any atom is -0.411 e. The summed E-state index contributed by atoms with van der Waals surface area (Å²) in [4.78, 5) is 8.44. The summed E-state index contributed by atoms with van der Waals surface area (Å²) in [6, 6.07) is 21.9. The van der Waals surface area contributed by atoms with Crippen molar-refractivity contribution in [1.82, 2.24) is 25.3 Å². The Morgan fingerprint density at radius 2 is 1.47 bits per heavy atom. The maximum Gasteiger partial charge on any atom is 0.277 e. The Bertz CT molecular complexity index is 1240. The van der Waals surface area contributed by atoms with Gasteiger partial charge in [0.15, 0.2) is 0 Å². The molecule has 0 aliphatic carbocycles.